The van der Waals surface area contributed by atoms with Crippen molar-refractivity contribution in [1.82, 2.24) is 15.3 Å². The van der Waals surface area contributed by atoms with Gasteiger partial charge in [-0.05, 0) is 56.7 Å². The number of ether oxygens (including phenoxy) is 2. The Hall–Kier alpha value is -2.93. The van der Waals surface area contributed by atoms with Crippen molar-refractivity contribution in [2.24, 2.45) is 0 Å². The summed E-state index contributed by atoms with van der Waals surface area (Å²) >= 11 is 1.40. The van der Waals surface area contributed by atoms with E-state index >= 15 is 0 Å². The molecular weight excluding hydrogens is 362 g/mol. The second-order valence-electron chi connectivity index (χ2n) is 5.84. The van der Waals surface area contributed by atoms with Crippen LogP contribution in [0.1, 0.15) is 32.9 Å². The van der Waals surface area contributed by atoms with Crippen molar-refractivity contribution >= 4 is 17.2 Å². The third-order valence-electron chi connectivity index (χ3n) is 3.72. The Labute approximate surface area is 162 Å². The standard InChI is InChI=1S/C20H21N3O3S/c1-4-25-16-5-7-17(8-6-16)26-18-11-15(9-10-21-18)12-22-20(24)19-13(2)23-14(3)27-19/h5-11H,4,12H2,1-3H3,(H,22,24). The molecule has 0 atom stereocenters. The van der Waals surface area contributed by atoms with Crippen molar-refractivity contribution in [3.05, 3.63) is 63.7 Å². The van der Waals surface area contributed by atoms with E-state index in [1.54, 1.807) is 6.20 Å². The van der Waals surface area contributed by atoms with Crippen molar-refractivity contribution in [3.8, 4) is 17.4 Å². The van der Waals surface area contributed by atoms with E-state index in [1.807, 2.05) is 57.2 Å². The third kappa shape index (κ3) is 5.04. The minimum absolute atomic E-state index is 0.121. The average Bonchev–Trinajstić information content (AvgIpc) is 3.00. The van der Waals surface area contributed by atoms with Gasteiger partial charge in [-0.25, -0.2) is 9.97 Å². The van der Waals surface area contributed by atoms with Gasteiger partial charge in [0, 0.05) is 18.8 Å². The molecule has 0 saturated heterocycles. The molecule has 0 saturated carbocycles. The first-order valence-corrected chi connectivity index (χ1v) is 9.44. The summed E-state index contributed by atoms with van der Waals surface area (Å²) in [6.45, 7) is 6.68. The molecule has 0 fully saturated rings. The molecule has 7 heteroatoms. The van der Waals surface area contributed by atoms with E-state index in [-0.39, 0.29) is 5.91 Å². The Morgan fingerprint density at radius 1 is 1.15 bits per heavy atom. The second-order valence-corrected chi connectivity index (χ2v) is 7.04. The number of carbonyl (C=O) groups excluding carboxylic acids is 1. The second kappa shape index (κ2) is 8.64. The number of nitrogens with zero attached hydrogens (tertiary/aromatic N) is 2. The molecule has 2 heterocycles. The molecule has 3 rings (SSSR count). The van der Waals surface area contributed by atoms with E-state index in [2.05, 4.69) is 15.3 Å². The van der Waals surface area contributed by atoms with E-state index in [1.165, 1.54) is 11.3 Å². The molecule has 0 aliphatic rings. The topological polar surface area (TPSA) is 73.3 Å². The maximum atomic E-state index is 12.3. The summed E-state index contributed by atoms with van der Waals surface area (Å²) in [6, 6.07) is 11.0. The lowest BCUT2D eigenvalue weighted by Crippen LogP contribution is -2.22. The molecule has 0 bridgehead atoms. The monoisotopic (exact) mass is 383 g/mol. The minimum atomic E-state index is -0.121. The van der Waals surface area contributed by atoms with Gasteiger partial charge in [0.15, 0.2) is 0 Å². The third-order valence-corrected chi connectivity index (χ3v) is 4.79. The fourth-order valence-electron chi connectivity index (χ4n) is 2.51. The van der Waals surface area contributed by atoms with Gasteiger partial charge in [0.2, 0.25) is 5.88 Å². The molecule has 0 aliphatic carbocycles. The number of thiazole rings is 1. The summed E-state index contributed by atoms with van der Waals surface area (Å²) in [6.07, 6.45) is 1.66. The molecule has 2 aromatic heterocycles. The Balaban J connectivity index is 1.61. The molecule has 0 unspecified atom stereocenters. The van der Waals surface area contributed by atoms with Crippen LogP contribution in [0.15, 0.2) is 42.6 Å². The number of aryl methyl sites for hydroxylation is 2. The zero-order valence-electron chi connectivity index (χ0n) is 15.5. The predicted octanol–water partition coefficient (Wildman–Crippen LogP) is 4.28. The van der Waals surface area contributed by atoms with Crippen LogP contribution >= 0.6 is 11.3 Å². The van der Waals surface area contributed by atoms with E-state index in [4.69, 9.17) is 9.47 Å². The van der Waals surface area contributed by atoms with Gasteiger partial charge < -0.3 is 14.8 Å². The molecule has 0 radical (unpaired) electrons. The zero-order chi connectivity index (χ0) is 19.2. The van der Waals surface area contributed by atoms with Crippen LogP contribution < -0.4 is 14.8 Å². The van der Waals surface area contributed by atoms with Crippen LogP contribution in [0.25, 0.3) is 0 Å². The molecule has 6 nitrogen and oxygen atoms in total. The molecule has 0 aliphatic heterocycles. The van der Waals surface area contributed by atoms with Gasteiger partial charge in [0.05, 0.1) is 17.3 Å². The van der Waals surface area contributed by atoms with Crippen LogP contribution in [-0.2, 0) is 6.54 Å². The van der Waals surface area contributed by atoms with Gasteiger partial charge in [-0.3, -0.25) is 4.79 Å². The Morgan fingerprint density at radius 3 is 2.56 bits per heavy atom. The molecule has 27 heavy (non-hydrogen) atoms. The van der Waals surface area contributed by atoms with E-state index in [0.717, 1.165) is 22.0 Å². The maximum absolute atomic E-state index is 12.3. The predicted molar refractivity (Wildman–Crippen MR) is 105 cm³/mol. The number of nitrogens with one attached hydrogen (secondary N) is 1. The first-order chi connectivity index (χ1) is 13.0. The number of hydrogen-bond donors (Lipinski definition) is 1. The van der Waals surface area contributed by atoms with Crippen LogP contribution in [0, 0.1) is 13.8 Å². The first kappa shape index (κ1) is 18.8. The lowest BCUT2D eigenvalue weighted by atomic mass is 10.2. The summed E-state index contributed by atoms with van der Waals surface area (Å²) < 4.78 is 11.2. The highest BCUT2D eigenvalue weighted by Crippen LogP contribution is 2.23. The fraction of sp³-hybridized carbons (Fsp3) is 0.250. The average molecular weight is 383 g/mol. The SMILES string of the molecule is CCOc1ccc(Oc2cc(CNC(=O)c3sc(C)nc3C)ccn2)cc1. The lowest BCUT2D eigenvalue weighted by Gasteiger charge is -2.08. The molecule has 3 aromatic rings. The van der Waals surface area contributed by atoms with Crippen LogP contribution in [0.5, 0.6) is 17.4 Å². The summed E-state index contributed by atoms with van der Waals surface area (Å²) in [5.41, 5.74) is 1.66. The van der Waals surface area contributed by atoms with Crippen LogP contribution in [0.4, 0.5) is 0 Å². The Morgan fingerprint density at radius 2 is 1.89 bits per heavy atom. The Bertz CT molecular complexity index is 922. The smallest absolute Gasteiger partial charge is 0.263 e. The number of carbonyl (C=O) groups is 1. The van der Waals surface area contributed by atoms with E-state index < -0.39 is 0 Å². The number of pyridine rings is 1. The van der Waals surface area contributed by atoms with Crippen molar-refractivity contribution in [2.75, 3.05) is 6.61 Å². The number of aromatic nitrogens is 2. The van der Waals surface area contributed by atoms with Crippen molar-refractivity contribution in [1.29, 1.82) is 0 Å². The van der Waals surface area contributed by atoms with Crippen molar-refractivity contribution in [2.45, 2.75) is 27.3 Å². The van der Waals surface area contributed by atoms with Crippen LogP contribution in [0.3, 0.4) is 0 Å². The van der Waals surface area contributed by atoms with Gasteiger partial charge in [-0.15, -0.1) is 11.3 Å². The van der Waals surface area contributed by atoms with Crippen molar-refractivity contribution in [3.63, 3.8) is 0 Å². The number of hydrogen-bond acceptors (Lipinski definition) is 6. The largest absolute Gasteiger partial charge is 0.494 e. The first-order valence-electron chi connectivity index (χ1n) is 8.63. The highest BCUT2D eigenvalue weighted by Gasteiger charge is 2.13. The summed E-state index contributed by atoms with van der Waals surface area (Å²) in [5, 5.41) is 3.80. The lowest BCUT2D eigenvalue weighted by molar-refractivity contribution is 0.0954. The zero-order valence-corrected chi connectivity index (χ0v) is 16.3. The molecule has 1 N–H and O–H groups in total. The van der Waals surface area contributed by atoms with Crippen LogP contribution in [-0.4, -0.2) is 22.5 Å². The highest BCUT2D eigenvalue weighted by molar-refractivity contribution is 7.13. The van der Waals surface area contributed by atoms with Crippen LogP contribution in [0.2, 0.25) is 0 Å². The van der Waals surface area contributed by atoms with Gasteiger partial charge in [-0.2, -0.15) is 0 Å². The van der Waals surface area contributed by atoms with Crippen molar-refractivity contribution < 1.29 is 14.3 Å². The number of amides is 1. The Kier molecular flexibility index (Phi) is 6.03. The summed E-state index contributed by atoms with van der Waals surface area (Å²) in [4.78, 5) is 21.5. The summed E-state index contributed by atoms with van der Waals surface area (Å²) in [7, 11) is 0. The fourth-order valence-corrected chi connectivity index (χ4v) is 3.35. The van der Waals surface area contributed by atoms with Gasteiger partial charge in [-0.1, -0.05) is 0 Å². The van der Waals surface area contributed by atoms with E-state index in [9.17, 15) is 4.79 Å². The highest BCUT2D eigenvalue weighted by atomic mass is 32.1. The quantitative estimate of drug-likeness (QED) is 0.659. The molecule has 140 valence electrons. The van der Waals surface area contributed by atoms with Gasteiger partial charge in [0.25, 0.3) is 5.91 Å². The molecule has 1 amide bonds. The molecule has 0 spiro atoms. The normalized spacial score (nSPS) is 10.5. The number of rotatable bonds is 7. The molecule has 1 aromatic carbocycles. The van der Waals surface area contributed by atoms with Gasteiger partial charge in [0.1, 0.15) is 16.4 Å². The van der Waals surface area contributed by atoms with E-state index in [0.29, 0.717) is 29.7 Å². The minimum Gasteiger partial charge on any atom is -0.494 e. The van der Waals surface area contributed by atoms with Gasteiger partial charge >= 0.3 is 0 Å². The molecular formula is C20H21N3O3S. The maximum Gasteiger partial charge on any atom is 0.263 e. The summed E-state index contributed by atoms with van der Waals surface area (Å²) in [5.74, 6) is 1.81. The number of benzene rings is 1.